The zero-order chi connectivity index (χ0) is 105. The highest BCUT2D eigenvalue weighted by Crippen LogP contribution is 2.27. The summed E-state index contributed by atoms with van der Waals surface area (Å²) in [5.41, 5.74) is 25.3. The number of alkyl carbamates (subject to hydrolysis) is 3. The van der Waals surface area contributed by atoms with E-state index in [1.54, 1.807) is 42.5 Å². The van der Waals surface area contributed by atoms with Crippen molar-refractivity contribution in [3.05, 3.63) is 248 Å². The van der Waals surface area contributed by atoms with Gasteiger partial charge in [0.1, 0.15) is 71.8 Å². The molecule has 7 aromatic carbocycles. The predicted octanol–water partition coefficient (Wildman–Crippen LogP) is 13.6. The second kappa shape index (κ2) is 60.7. The first-order valence-corrected chi connectivity index (χ1v) is 54.7. The van der Waals surface area contributed by atoms with Crippen molar-refractivity contribution in [3.8, 4) is 0 Å². The van der Waals surface area contributed by atoms with E-state index in [1.807, 2.05) is 123 Å². The number of nitrogens with one attached hydrogen (secondary N) is 3. The van der Waals surface area contributed by atoms with Gasteiger partial charge in [0.05, 0.1) is 77.7 Å². The number of aliphatic hydroxyl groups excluding tert-OH is 3. The number of carbonyl (C=O) groups excluding carboxylic acids is 6. The average Bonchev–Trinajstić information content (AvgIpc) is 1.19. The predicted molar refractivity (Wildman–Crippen MR) is 537 cm³/mol. The summed E-state index contributed by atoms with van der Waals surface area (Å²) in [5.74, 6) is -8.97. The lowest BCUT2D eigenvalue weighted by Crippen LogP contribution is -2.55. The summed E-state index contributed by atoms with van der Waals surface area (Å²) in [5, 5.41) is 39.0. The normalized spacial score (nSPS) is 15.7. The van der Waals surface area contributed by atoms with E-state index in [0.717, 1.165) is 90.6 Å². The van der Waals surface area contributed by atoms with E-state index in [2.05, 4.69) is 16.0 Å². The minimum absolute atomic E-state index is 0.0257. The lowest BCUT2D eigenvalue weighted by molar-refractivity contribution is -0.135. The highest BCUT2D eigenvalue weighted by Gasteiger charge is 2.42. The maximum atomic E-state index is 14.4. The van der Waals surface area contributed by atoms with Gasteiger partial charge in [0.15, 0.2) is 29.5 Å². The fourth-order valence-electron chi connectivity index (χ4n) is 17.2. The minimum atomic E-state index is -3.89. The molecule has 2 aliphatic heterocycles. The lowest BCUT2D eigenvalue weighted by atomic mass is 10.0. The molecule has 2 saturated heterocycles. The summed E-state index contributed by atoms with van der Waals surface area (Å²) in [7, 11) is -11.6. The Bertz CT molecular complexity index is 5210. The summed E-state index contributed by atoms with van der Waals surface area (Å²) >= 11 is 0. The number of aliphatic hydroxyl groups is 3. The molecular weight excluding hydrogens is 1920 g/mol. The first-order valence-electron chi connectivity index (χ1n) is 49.5. The van der Waals surface area contributed by atoms with E-state index in [0.29, 0.717) is 125 Å². The SMILES string of the molecule is CCCC(CCC)S(=O)(=O)C[C@@H](NC(=O)OCc1ccccc1)C(=O)N(Cc1cccc(CC)c1)C[C@@H](O)[C@@H](N)Cc1cc(F)cc(F)c1.CCCC(CCC)S(=O)(=O)C[C@@H](NC(=O)O[C@H]1CCOC1)C(=O)N(Cc1cccc(CC)c1)C[C@@H](O)[C@@H](N)Cc1cc(F)cc(F)c1.CCCC(CCC)S(=O)(=O)C[C@H](NC(=O)O[C@H]1CCOC1)C(=O)N(Cc1cccc(CC)c1)C[C@@H](O)[C@@H](N)Cc1cc(F)cc(F)c1. The van der Waals surface area contributed by atoms with Crippen LogP contribution in [0.25, 0.3) is 0 Å². The molecule has 2 aliphatic rings. The van der Waals surface area contributed by atoms with Crippen LogP contribution in [0, 0.1) is 34.9 Å². The number of aryl methyl sites for hydroxylation is 3. The number of carbonyl (C=O) groups is 6. The van der Waals surface area contributed by atoms with Crippen LogP contribution in [0.4, 0.5) is 40.7 Å². The summed E-state index contributed by atoms with van der Waals surface area (Å²) in [6.07, 6.45) is 0.959. The van der Waals surface area contributed by atoms with Gasteiger partial charge in [0.2, 0.25) is 17.7 Å². The molecule has 38 heteroatoms. The largest absolute Gasteiger partial charge is 0.445 e. The maximum absolute atomic E-state index is 14.4. The van der Waals surface area contributed by atoms with Crippen molar-refractivity contribution in [2.75, 3.05) is 63.3 Å². The quantitative estimate of drug-likeness (QED) is 0.0126. The molecule has 11 atom stereocenters. The fraction of sp³-hybridized carbons (Fsp3) is 0.543. The van der Waals surface area contributed by atoms with Crippen LogP contribution in [0.15, 0.2) is 158 Å². The number of sulfone groups is 3. The third kappa shape index (κ3) is 41.4. The van der Waals surface area contributed by atoms with Gasteiger partial charge >= 0.3 is 18.3 Å². The average molecular weight is 2070 g/mol. The molecule has 0 bridgehead atoms. The molecule has 143 heavy (non-hydrogen) atoms. The molecule has 792 valence electrons. The Morgan fingerprint density at radius 3 is 0.874 bits per heavy atom. The van der Waals surface area contributed by atoms with Gasteiger partial charge < -0.3 is 86.9 Å². The van der Waals surface area contributed by atoms with E-state index in [-0.39, 0.29) is 95.0 Å². The molecule has 12 N–H and O–H groups in total. The Hall–Kier alpha value is -10.1. The molecule has 7 aromatic rings. The Labute approximate surface area is 839 Å². The zero-order valence-electron chi connectivity index (χ0n) is 83.5. The molecule has 0 spiro atoms. The molecule has 2 heterocycles. The molecule has 0 saturated carbocycles. The lowest BCUT2D eigenvalue weighted by Gasteiger charge is -2.32. The van der Waals surface area contributed by atoms with Crippen LogP contribution in [0.1, 0.15) is 208 Å². The molecule has 0 aromatic heterocycles. The van der Waals surface area contributed by atoms with Crippen molar-refractivity contribution in [1.29, 1.82) is 0 Å². The molecule has 2 fully saturated rings. The first-order chi connectivity index (χ1) is 68.0. The van der Waals surface area contributed by atoms with Crippen LogP contribution in [0.3, 0.4) is 0 Å². The minimum Gasteiger partial charge on any atom is -0.445 e. The summed E-state index contributed by atoms with van der Waals surface area (Å²) < 4.78 is 192. The number of nitrogens with two attached hydrogens (primary N) is 3. The van der Waals surface area contributed by atoms with Gasteiger partial charge in [0.25, 0.3) is 0 Å². The smallest absolute Gasteiger partial charge is 0.408 e. The zero-order valence-corrected chi connectivity index (χ0v) is 85.9. The van der Waals surface area contributed by atoms with Crippen molar-refractivity contribution < 1.29 is 119 Å². The second-order valence-corrected chi connectivity index (χ2v) is 43.8. The van der Waals surface area contributed by atoms with Gasteiger partial charge in [-0.25, -0.2) is 66.0 Å². The van der Waals surface area contributed by atoms with E-state index >= 15 is 0 Å². The van der Waals surface area contributed by atoms with Gasteiger partial charge in [-0.15, -0.1) is 0 Å². The number of rotatable bonds is 55. The number of nitrogens with zero attached hydrogens (tertiary/aromatic N) is 3. The summed E-state index contributed by atoms with van der Waals surface area (Å²) in [6, 6.07) is 32.4. The summed E-state index contributed by atoms with van der Waals surface area (Å²) in [6.45, 7) is 17.2. The summed E-state index contributed by atoms with van der Waals surface area (Å²) in [4.78, 5) is 85.8. The Morgan fingerprint density at radius 1 is 0.364 bits per heavy atom. The van der Waals surface area contributed by atoms with Crippen LogP contribution in [0.2, 0.25) is 0 Å². The van der Waals surface area contributed by atoms with Crippen molar-refractivity contribution in [1.82, 2.24) is 30.7 Å². The first kappa shape index (κ1) is 120. The fourth-order valence-corrected chi connectivity index (χ4v) is 23.7. The molecule has 29 nitrogen and oxygen atoms in total. The van der Waals surface area contributed by atoms with Crippen LogP contribution in [-0.2, 0) is 132 Å². The molecule has 9 rings (SSSR count). The Kier molecular flexibility index (Phi) is 50.9. The van der Waals surface area contributed by atoms with E-state index in [4.69, 9.17) is 40.9 Å². The highest BCUT2D eigenvalue weighted by atomic mass is 32.2. The molecular formula is C105H147F6N9O20S3. The van der Waals surface area contributed by atoms with Crippen molar-refractivity contribution in [3.63, 3.8) is 0 Å². The van der Waals surface area contributed by atoms with Crippen LogP contribution in [-0.4, -0.2) is 237 Å². The van der Waals surface area contributed by atoms with Gasteiger partial charge in [0, 0.05) is 88.4 Å². The van der Waals surface area contributed by atoms with Gasteiger partial charge in [-0.1, -0.05) is 204 Å². The molecule has 6 amide bonds. The third-order valence-corrected chi connectivity index (χ3v) is 31.7. The topological polar surface area (TPSA) is 436 Å². The third-order valence-electron chi connectivity index (χ3n) is 24.8. The van der Waals surface area contributed by atoms with E-state index in [9.17, 15) is 95.7 Å². The number of hydrogen-bond acceptors (Lipinski definition) is 23. The number of halogens is 6. The van der Waals surface area contributed by atoms with Crippen molar-refractivity contribution >= 4 is 65.5 Å². The Balaban J connectivity index is 0.000000291. The van der Waals surface area contributed by atoms with Crippen LogP contribution < -0.4 is 33.2 Å². The highest BCUT2D eigenvalue weighted by molar-refractivity contribution is 7.92. The number of benzene rings is 7. The van der Waals surface area contributed by atoms with Crippen molar-refractivity contribution in [2.24, 2.45) is 17.2 Å². The maximum Gasteiger partial charge on any atom is 0.408 e. The van der Waals surface area contributed by atoms with Gasteiger partial charge in [-0.05, 0) is 169 Å². The van der Waals surface area contributed by atoms with Crippen LogP contribution >= 0.6 is 0 Å². The van der Waals surface area contributed by atoms with Gasteiger partial charge in [-0.2, -0.15) is 0 Å². The Morgan fingerprint density at radius 2 is 0.622 bits per heavy atom. The van der Waals surface area contributed by atoms with Gasteiger partial charge in [-0.3, -0.25) is 14.4 Å². The monoisotopic (exact) mass is 2060 g/mol. The molecule has 0 radical (unpaired) electrons. The number of ether oxygens (including phenoxy) is 5. The second-order valence-electron chi connectivity index (χ2n) is 36.8. The molecule has 0 aliphatic carbocycles. The van der Waals surface area contributed by atoms with Crippen molar-refractivity contribution in [2.45, 2.75) is 299 Å². The standard InChI is InChI=1S/C37H49F2N3O6S.2C34H49F2N3O7S/c1-4-11-32(12-5-2)49(46,47)25-34(41-37(45)48-24-27-13-8-7-9-14-27)36(44)42(22-28-16-10-15-26(6-3)17-28)23-35(43)33(40)20-29-18-30(38)21-31(39)19-29;2*1-4-8-29(9-5-2)47(43,44)22-31(38-34(42)46-28-12-13-45-21-28)33(41)39(19-24-11-7-10-23(6-3)14-24)20-32(40)30(37)17-25-15-26(35)18-27(36)16-25/h7-10,13-19,21,32-35,43H,4-6,11-12,20,22-25,40H2,1-3H3,(H,41,45);2*7,10-11,14-16,18,28-32,40H,4-6,8-9,12-13,17,19-22,37H2,1-3H3,(H,38,42)/t33-,34+,35+;28-,30-,31+,32+;28-,30-,31-,32+/m000/s1. The number of amides is 6. The van der Waals surface area contributed by atoms with Crippen LogP contribution in [0.5, 0.6) is 0 Å². The van der Waals surface area contributed by atoms with E-state index in [1.165, 1.54) is 14.7 Å². The van der Waals surface area contributed by atoms with E-state index < -0.39 is 200 Å². The molecule has 0 unspecified atom stereocenters. The number of hydrogen-bond donors (Lipinski definition) is 9.